The third-order valence-electron chi connectivity index (χ3n) is 3.13. The smallest absolute Gasteiger partial charge is 0.110 e. The van der Waals surface area contributed by atoms with Gasteiger partial charge in [0.2, 0.25) is 0 Å². The Hall–Kier alpha value is 0.290. The van der Waals surface area contributed by atoms with Gasteiger partial charge in [-0.1, -0.05) is 0 Å². The number of thiol groups is 1. The minimum Gasteiger partial charge on any atom is -0.381 e. The Bertz CT molecular complexity index is 369. The summed E-state index contributed by atoms with van der Waals surface area (Å²) in [5, 5.41) is 1.07. The maximum Gasteiger partial charge on any atom is 0.110 e. The zero-order valence-electron chi connectivity index (χ0n) is 9.56. The molecule has 94 valence electrons. The molecule has 0 spiro atoms. The quantitative estimate of drug-likeness (QED) is 0.671. The summed E-state index contributed by atoms with van der Waals surface area (Å²) < 4.78 is 6.51. The van der Waals surface area contributed by atoms with Crippen LogP contribution in [0.3, 0.4) is 0 Å². The third-order valence-corrected chi connectivity index (χ3v) is 6.06. The van der Waals surface area contributed by atoms with Crippen LogP contribution in [-0.4, -0.2) is 29.7 Å². The van der Waals surface area contributed by atoms with Crippen molar-refractivity contribution in [3.8, 4) is 0 Å². The van der Waals surface area contributed by atoms with Crippen molar-refractivity contribution in [3.63, 3.8) is 0 Å². The average molecular weight is 334 g/mol. The topological polar surface area (TPSA) is 22.1 Å². The number of aromatic nitrogens is 1. The molecule has 5 heteroatoms. The minimum atomic E-state index is 0.309. The van der Waals surface area contributed by atoms with E-state index in [2.05, 4.69) is 33.5 Å². The molecule has 0 aromatic carbocycles. The lowest BCUT2D eigenvalue weighted by Gasteiger charge is -2.35. The van der Waals surface area contributed by atoms with Crippen molar-refractivity contribution < 1.29 is 4.74 Å². The second-order valence-corrected chi connectivity index (χ2v) is 6.48. The van der Waals surface area contributed by atoms with Crippen LogP contribution in [0.2, 0.25) is 0 Å². The molecule has 1 aliphatic heterocycles. The Balaban J connectivity index is 1.98. The zero-order valence-corrected chi connectivity index (χ0v) is 12.9. The highest BCUT2D eigenvalue weighted by atomic mass is 79.9. The molecule has 0 amide bonds. The van der Waals surface area contributed by atoms with Gasteiger partial charge in [0.15, 0.2) is 0 Å². The molecule has 0 bridgehead atoms. The van der Waals surface area contributed by atoms with Crippen LogP contribution >= 0.6 is 40.3 Å². The van der Waals surface area contributed by atoms with Crippen molar-refractivity contribution in [2.75, 3.05) is 24.7 Å². The number of nitrogens with zero attached hydrogens (tertiary/aromatic N) is 1. The summed E-state index contributed by atoms with van der Waals surface area (Å²) in [7, 11) is 0. The first-order valence-electron chi connectivity index (χ1n) is 5.68. The molecule has 17 heavy (non-hydrogen) atoms. The lowest BCUT2D eigenvalue weighted by atomic mass is 9.84. The highest BCUT2D eigenvalue weighted by molar-refractivity contribution is 9.10. The van der Waals surface area contributed by atoms with Crippen LogP contribution < -0.4 is 0 Å². The first-order chi connectivity index (χ1) is 8.26. The van der Waals surface area contributed by atoms with Gasteiger partial charge in [0.25, 0.3) is 0 Å². The third kappa shape index (κ3) is 3.63. The van der Waals surface area contributed by atoms with Crippen molar-refractivity contribution >= 4 is 40.3 Å². The largest absolute Gasteiger partial charge is 0.381 e. The van der Waals surface area contributed by atoms with Gasteiger partial charge in [-0.2, -0.15) is 12.6 Å². The molecule has 1 fully saturated rings. The Kier molecular flexibility index (Phi) is 5.21. The van der Waals surface area contributed by atoms with Gasteiger partial charge in [0.05, 0.1) is 0 Å². The molecule has 0 unspecified atom stereocenters. The van der Waals surface area contributed by atoms with Gasteiger partial charge in [-0.05, 0) is 52.1 Å². The highest BCUT2D eigenvalue weighted by Gasteiger charge is 2.31. The van der Waals surface area contributed by atoms with E-state index in [4.69, 9.17) is 4.74 Å². The predicted octanol–water partition coefficient (Wildman–Crippen LogP) is 3.66. The van der Waals surface area contributed by atoms with E-state index in [0.717, 1.165) is 47.1 Å². The first kappa shape index (κ1) is 13.7. The molecule has 2 nitrogen and oxygen atoms in total. The van der Waals surface area contributed by atoms with Gasteiger partial charge in [0.1, 0.15) is 5.03 Å². The SMILES string of the molecule is SCC1(CSc2ncccc2Br)CCOCC1. The van der Waals surface area contributed by atoms with E-state index in [0.29, 0.717) is 5.41 Å². The highest BCUT2D eigenvalue weighted by Crippen LogP contribution is 2.38. The van der Waals surface area contributed by atoms with E-state index < -0.39 is 0 Å². The molecule has 1 aromatic rings. The molecule has 1 aromatic heterocycles. The first-order valence-corrected chi connectivity index (χ1v) is 8.09. The Morgan fingerprint density at radius 2 is 2.24 bits per heavy atom. The number of rotatable bonds is 4. The maximum atomic E-state index is 5.43. The molecular formula is C12H16BrNOS2. The zero-order chi connectivity index (χ0) is 12.1. The number of hydrogen-bond donors (Lipinski definition) is 1. The predicted molar refractivity (Wildman–Crippen MR) is 79.0 cm³/mol. The fourth-order valence-corrected chi connectivity index (χ4v) is 4.20. The van der Waals surface area contributed by atoms with Crippen molar-refractivity contribution in [1.82, 2.24) is 4.98 Å². The van der Waals surface area contributed by atoms with E-state index in [9.17, 15) is 0 Å². The Labute approximate surface area is 120 Å². The summed E-state index contributed by atoms with van der Waals surface area (Å²) >= 11 is 9.87. The maximum absolute atomic E-state index is 5.43. The van der Waals surface area contributed by atoms with Crippen molar-refractivity contribution in [2.24, 2.45) is 5.41 Å². The summed E-state index contributed by atoms with van der Waals surface area (Å²) in [6.45, 7) is 1.73. The molecule has 0 N–H and O–H groups in total. The molecule has 0 atom stereocenters. The van der Waals surface area contributed by atoms with Crippen molar-refractivity contribution in [1.29, 1.82) is 0 Å². The van der Waals surface area contributed by atoms with Crippen LogP contribution in [0.4, 0.5) is 0 Å². The standard InChI is InChI=1S/C12H16BrNOS2/c13-10-2-1-5-14-11(10)17-9-12(8-16)3-6-15-7-4-12/h1-2,5,16H,3-4,6-9H2. The lowest BCUT2D eigenvalue weighted by molar-refractivity contribution is 0.0371. The van der Waals surface area contributed by atoms with Crippen LogP contribution in [0, 0.1) is 5.41 Å². The van der Waals surface area contributed by atoms with E-state index in [1.165, 1.54) is 0 Å². The number of pyridine rings is 1. The Morgan fingerprint density at radius 1 is 1.47 bits per heavy atom. The van der Waals surface area contributed by atoms with Crippen LogP contribution in [0.15, 0.2) is 27.8 Å². The normalized spacial score (nSPS) is 19.2. The van der Waals surface area contributed by atoms with Gasteiger partial charge in [-0.3, -0.25) is 0 Å². The summed E-state index contributed by atoms with van der Waals surface area (Å²) in [4.78, 5) is 4.39. The summed E-state index contributed by atoms with van der Waals surface area (Å²) in [6.07, 6.45) is 4.05. The molecule has 1 saturated heterocycles. The van der Waals surface area contributed by atoms with E-state index >= 15 is 0 Å². The van der Waals surface area contributed by atoms with Crippen LogP contribution in [-0.2, 0) is 4.74 Å². The molecule has 2 heterocycles. The van der Waals surface area contributed by atoms with Crippen LogP contribution in [0.25, 0.3) is 0 Å². The van der Waals surface area contributed by atoms with Gasteiger partial charge < -0.3 is 4.74 Å². The fourth-order valence-electron chi connectivity index (χ4n) is 1.85. The number of ether oxygens (including phenoxy) is 1. The summed E-state index contributed by atoms with van der Waals surface area (Å²) in [5.74, 6) is 1.99. The van der Waals surface area contributed by atoms with Crippen LogP contribution in [0.1, 0.15) is 12.8 Å². The molecule has 1 aliphatic rings. The molecule has 0 aliphatic carbocycles. The fraction of sp³-hybridized carbons (Fsp3) is 0.583. The number of halogens is 1. The van der Waals surface area contributed by atoms with E-state index in [1.807, 2.05) is 30.1 Å². The second kappa shape index (κ2) is 6.45. The van der Waals surface area contributed by atoms with Crippen LogP contribution in [0.5, 0.6) is 0 Å². The van der Waals surface area contributed by atoms with Gasteiger partial charge in [-0.25, -0.2) is 4.98 Å². The minimum absolute atomic E-state index is 0.309. The molecule has 0 saturated carbocycles. The summed E-state index contributed by atoms with van der Waals surface area (Å²) in [6, 6.07) is 3.98. The number of hydrogen-bond acceptors (Lipinski definition) is 4. The lowest BCUT2D eigenvalue weighted by Crippen LogP contribution is -2.33. The second-order valence-electron chi connectivity index (χ2n) is 4.35. The van der Waals surface area contributed by atoms with Crippen molar-refractivity contribution in [3.05, 3.63) is 22.8 Å². The number of thioether (sulfide) groups is 1. The molecule has 2 rings (SSSR count). The summed E-state index contributed by atoms with van der Waals surface area (Å²) in [5.41, 5.74) is 0.309. The van der Waals surface area contributed by atoms with Gasteiger partial charge >= 0.3 is 0 Å². The average Bonchev–Trinajstić information content (AvgIpc) is 2.39. The Morgan fingerprint density at radius 3 is 2.88 bits per heavy atom. The van der Waals surface area contributed by atoms with E-state index in [1.54, 1.807) is 0 Å². The van der Waals surface area contributed by atoms with Crippen molar-refractivity contribution in [2.45, 2.75) is 17.9 Å². The molecular weight excluding hydrogens is 318 g/mol. The molecule has 0 radical (unpaired) electrons. The van der Waals surface area contributed by atoms with E-state index in [-0.39, 0.29) is 0 Å². The van der Waals surface area contributed by atoms with Gasteiger partial charge in [0, 0.05) is 29.6 Å². The monoisotopic (exact) mass is 333 g/mol. The van der Waals surface area contributed by atoms with Gasteiger partial charge in [-0.15, -0.1) is 11.8 Å².